The highest BCUT2D eigenvalue weighted by molar-refractivity contribution is 7.97. The van der Waals surface area contributed by atoms with Crippen LogP contribution in [0.4, 0.5) is 11.4 Å². The largest absolute Gasteiger partial charge is 0.457 e. The molecular formula is C33H41ClN6OS. The number of nitrogens with zero attached hydrogens (tertiary/aromatic N) is 4. The maximum absolute atomic E-state index is 6.45. The van der Waals surface area contributed by atoms with Crippen molar-refractivity contribution in [3.63, 3.8) is 0 Å². The van der Waals surface area contributed by atoms with Gasteiger partial charge in [-0.15, -0.1) is 0 Å². The fourth-order valence-corrected chi connectivity index (χ4v) is 6.53. The monoisotopic (exact) mass is 604 g/mol. The first kappa shape index (κ1) is 29.2. The van der Waals surface area contributed by atoms with Crippen molar-refractivity contribution < 1.29 is 4.74 Å². The minimum atomic E-state index is 0.780. The third-order valence-electron chi connectivity index (χ3n) is 8.32. The summed E-state index contributed by atoms with van der Waals surface area (Å²) in [6.07, 6.45) is 4.15. The fourth-order valence-electron chi connectivity index (χ4n) is 5.68. The Bertz CT molecular complexity index is 1420. The summed E-state index contributed by atoms with van der Waals surface area (Å²) in [7, 11) is 4.40. The Hall–Kier alpha value is -2.88. The molecule has 0 atom stereocenters. The number of hydrogen-bond donors (Lipinski definition) is 2. The molecule has 0 aliphatic carbocycles. The van der Waals surface area contributed by atoms with Crippen LogP contribution in [0.1, 0.15) is 12.0 Å². The predicted molar refractivity (Wildman–Crippen MR) is 178 cm³/mol. The van der Waals surface area contributed by atoms with E-state index in [0.29, 0.717) is 0 Å². The first-order chi connectivity index (χ1) is 20.5. The van der Waals surface area contributed by atoms with Gasteiger partial charge in [0.1, 0.15) is 11.5 Å². The summed E-state index contributed by atoms with van der Waals surface area (Å²) < 4.78 is 9.96. The molecule has 2 aliphatic heterocycles. The van der Waals surface area contributed by atoms with Crippen LogP contribution in [0.5, 0.6) is 11.5 Å². The summed E-state index contributed by atoms with van der Waals surface area (Å²) in [5.41, 5.74) is 4.96. The van der Waals surface area contributed by atoms with Crippen molar-refractivity contribution in [1.29, 1.82) is 0 Å². The lowest BCUT2D eigenvalue weighted by Gasteiger charge is -2.37. The number of aromatic nitrogens is 1. The summed E-state index contributed by atoms with van der Waals surface area (Å²) in [4.78, 5) is 14.3. The molecule has 2 saturated heterocycles. The van der Waals surface area contributed by atoms with E-state index in [-0.39, 0.29) is 0 Å². The normalized spacial score (nSPS) is 16.8. The Kier molecular flexibility index (Phi) is 9.46. The first-order valence-electron chi connectivity index (χ1n) is 15.0. The van der Waals surface area contributed by atoms with Crippen molar-refractivity contribution in [1.82, 2.24) is 19.5 Å². The predicted octanol–water partition coefficient (Wildman–Crippen LogP) is 6.35. The SMILES string of the molecule is CN1CCN(c2cc(Oc3ccc(SNCCCc4c[nH]c5ccc(Cl)cc45)cc3)cc(N3CCN(C)CC3)c2)CC1. The van der Waals surface area contributed by atoms with Crippen molar-refractivity contribution in [2.24, 2.45) is 0 Å². The van der Waals surface area contributed by atoms with Crippen LogP contribution in [0.2, 0.25) is 5.02 Å². The minimum absolute atomic E-state index is 0.780. The Balaban J connectivity index is 1.05. The van der Waals surface area contributed by atoms with Crippen LogP contribution in [0, 0.1) is 0 Å². The molecule has 1 aromatic heterocycles. The summed E-state index contributed by atoms with van der Waals surface area (Å²) in [6.45, 7) is 9.41. The molecule has 0 spiro atoms. The van der Waals surface area contributed by atoms with Crippen LogP contribution in [-0.4, -0.2) is 87.8 Å². The third kappa shape index (κ3) is 7.36. The van der Waals surface area contributed by atoms with E-state index in [9.17, 15) is 0 Å². The number of ether oxygens (including phenoxy) is 1. The number of H-pyrrole nitrogens is 1. The number of anilines is 2. The molecule has 0 amide bonds. The maximum Gasteiger partial charge on any atom is 0.131 e. The van der Waals surface area contributed by atoms with Crippen molar-refractivity contribution in [3.05, 3.63) is 77.4 Å². The van der Waals surface area contributed by atoms with E-state index in [1.807, 2.05) is 18.2 Å². The van der Waals surface area contributed by atoms with Gasteiger partial charge in [-0.1, -0.05) is 11.6 Å². The van der Waals surface area contributed by atoms with Crippen LogP contribution in [0.25, 0.3) is 10.9 Å². The maximum atomic E-state index is 6.45. The highest BCUT2D eigenvalue weighted by Crippen LogP contribution is 2.34. The van der Waals surface area contributed by atoms with Gasteiger partial charge in [0.25, 0.3) is 0 Å². The van der Waals surface area contributed by atoms with Gasteiger partial charge < -0.3 is 29.3 Å². The lowest BCUT2D eigenvalue weighted by Crippen LogP contribution is -2.45. The van der Waals surface area contributed by atoms with Crippen LogP contribution in [0.15, 0.2) is 71.8 Å². The van der Waals surface area contributed by atoms with Gasteiger partial charge in [-0.25, -0.2) is 0 Å². The number of piperazine rings is 2. The fraction of sp³-hybridized carbons (Fsp3) is 0.394. The molecule has 0 bridgehead atoms. The molecule has 0 unspecified atom stereocenters. The van der Waals surface area contributed by atoms with E-state index in [1.54, 1.807) is 11.9 Å². The van der Waals surface area contributed by atoms with Crippen LogP contribution < -0.4 is 19.3 Å². The molecule has 0 radical (unpaired) electrons. The molecule has 3 heterocycles. The van der Waals surface area contributed by atoms with Crippen molar-refractivity contribution in [2.45, 2.75) is 17.7 Å². The van der Waals surface area contributed by atoms with Crippen LogP contribution in [0.3, 0.4) is 0 Å². The molecule has 7 nitrogen and oxygen atoms in total. The Morgan fingerprint density at radius 2 is 1.43 bits per heavy atom. The number of fused-ring (bicyclic) bond motifs is 1. The zero-order chi connectivity index (χ0) is 28.9. The molecule has 9 heteroatoms. The Morgan fingerprint density at radius 1 is 0.786 bits per heavy atom. The molecular weight excluding hydrogens is 564 g/mol. The minimum Gasteiger partial charge on any atom is -0.457 e. The smallest absolute Gasteiger partial charge is 0.131 e. The van der Waals surface area contributed by atoms with Gasteiger partial charge in [0.2, 0.25) is 0 Å². The number of benzene rings is 3. The highest BCUT2D eigenvalue weighted by Gasteiger charge is 2.20. The quantitative estimate of drug-likeness (QED) is 0.162. The van der Waals surface area contributed by atoms with Crippen molar-refractivity contribution >= 4 is 45.8 Å². The highest BCUT2D eigenvalue weighted by atomic mass is 35.5. The topological polar surface area (TPSA) is 50.0 Å². The molecule has 2 N–H and O–H groups in total. The zero-order valence-corrected chi connectivity index (χ0v) is 26.2. The van der Waals surface area contributed by atoms with Crippen molar-refractivity contribution in [3.8, 4) is 11.5 Å². The molecule has 3 aromatic carbocycles. The summed E-state index contributed by atoms with van der Waals surface area (Å²) in [5.74, 6) is 1.76. The number of halogens is 1. The van der Waals surface area contributed by atoms with Gasteiger partial charge in [0.15, 0.2) is 0 Å². The Morgan fingerprint density at radius 3 is 2.07 bits per heavy atom. The number of aromatic amines is 1. The lowest BCUT2D eigenvalue weighted by molar-refractivity contribution is 0.311. The average Bonchev–Trinajstić information content (AvgIpc) is 3.40. The number of hydrogen-bond acceptors (Lipinski definition) is 7. The number of aryl methyl sites for hydroxylation is 1. The summed E-state index contributed by atoms with van der Waals surface area (Å²) >= 11 is 7.86. The van der Waals surface area contributed by atoms with E-state index in [1.165, 1.54) is 27.2 Å². The first-order valence-corrected chi connectivity index (χ1v) is 16.1. The number of likely N-dealkylation sites (N-methyl/N-ethyl adjacent to an activating group) is 2. The standard InChI is InChI=1S/C33H41ClN6OS/c1-37-12-16-39(17-13-37)27-21-28(40-18-14-38(2)15-19-40)23-30(22-27)41-29-6-8-31(9-7-29)42-36-11-3-4-25-24-35-33-10-5-26(34)20-32(25)33/h5-10,20-24,35-36H,3-4,11-19H2,1-2H3. The average molecular weight is 605 g/mol. The van der Waals surface area contributed by atoms with E-state index < -0.39 is 0 Å². The number of rotatable bonds is 10. The van der Waals surface area contributed by atoms with E-state index in [0.717, 1.165) is 93.8 Å². The van der Waals surface area contributed by atoms with Gasteiger partial charge in [-0.05, 0) is 93.0 Å². The molecule has 42 heavy (non-hydrogen) atoms. The van der Waals surface area contributed by atoms with Gasteiger partial charge >= 0.3 is 0 Å². The zero-order valence-electron chi connectivity index (χ0n) is 24.6. The molecule has 0 saturated carbocycles. The second kappa shape index (κ2) is 13.6. The van der Waals surface area contributed by atoms with Gasteiger partial charge in [0.05, 0.1) is 0 Å². The third-order valence-corrected chi connectivity index (χ3v) is 9.41. The molecule has 222 valence electrons. The van der Waals surface area contributed by atoms with Gasteiger partial charge in [-0.3, -0.25) is 4.72 Å². The molecule has 2 aliphatic rings. The van der Waals surface area contributed by atoms with E-state index in [2.05, 4.69) is 92.1 Å². The molecule has 6 rings (SSSR count). The number of nitrogens with one attached hydrogen (secondary N) is 2. The molecule has 4 aromatic rings. The van der Waals surface area contributed by atoms with Gasteiger partial charge in [-0.2, -0.15) is 0 Å². The lowest BCUT2D eigenvalue weighted by atomic mass is 10.1. The second-order valence-corrected chi connectivity index (χ2v) is 12.8. The summed E-state index contributed by atoms with van der Waals surface area (Å²) in [5, 5.41) is 2.00. The van der Waals surface area contributed by atoms with Crippen LogP contribution in [-0.2, 0) is 6.42 Å². The van der Waals surface area contributed by atoms with E-state index in [4.69, 9.17) is 16.3 Å². The van der Waals surface area contributed by atoms with Gasteiger partial charge in [0, 0.05) is 109 Å². The molecule has 2 fully saturated rings. The van der Waals surface area contributed by atoms with E-state index >= 15 is 0 Å². The second-order valence-electron chi connectivity index (χ2n) is 11.4. The van der Waals surface area contributed by atoms with Crippen molar-refractivity contribution in [2.75, 3.05) is 82.8 Å². The Labute approximate surface area is 258 Å². The van der Waals surface area contributed by atoms with Crippen LogP contribution >= 0.6 is 23.5 Å². The summed E-state index contributed by atoms with van der Waals surface area (Å²) in [6, 6.07) is 21.2.